The molecule has 1 amide bonds. The number of ether oxygens (including phenoxy) is 1. The van der Waals surface area contributed by atoms with E-state index >= 15 is 0 Å². The van der Waals surface area contributed by atoms with Gasteiger partial charge in [0.1, 0.15) is 10.6 Å². The normalized spacial score (nSPS) is 15.3. The van der Waals surface area contributed by atoms with Crippen LogP contribution >= 0.6 is 0 Å². The molecule has 0 aromatic heterocycles. The van der Waals surface area contributed by atoms with Gasteiger partial charge in [0, 0.05) is 24.3 Å². The quantitative estimate of drug-likeness (QED) is 0.798. The van der Waals surface area contributed by atoms with Crippen LogP contribution in [0.25, 0.3) is 0 Å². The molecule has 1 saturated heterocycles. The summed E-state index contributed by atoms with van der Waals surface area (Å²) in [5.41, 5.74) is 1.84. The summed E-state index contributed by atoms with van der Waals surface area (Å²) in [7, 11) is -2.29. The third-order valence-electron chi connectivity index (χ3n) is 5.09. The van der Waals surface area contributed by atoms with Gasteiger partial charge in [-0.05, 0) is 48.1 Å². The largest absolute Gasteiger partial charge is 0.495 e. The van der Waals surface area contributed by atoms with Gasteiger partial charge in [0.05, 0.1) is 7.11 Å². The lowest BCUT2D eigenvalue weighted by molar-refractivity contribution is 0.102. The van der Waals surface area contributed by atoms with Crippen molar-refractivity contribution in [1.29, 1.82) is 0 Å². The Labute approximate surface area is 172 Å². The summed E-state index contributed by atoms with van der Waals surface area (Å²) < 4.78 is 32.8. The molecule has 0 saturated carbocycles. The van der Waals surface area contributed by atoms with Gasteiger partial charge in [-0.1, -0.05) is 39.0 Å². The van der Waals surface area contributed by atoms with E-state index in [9.17, 15) is 13.2 Å². The molecule has 7 heteroatoms. The lowest BCUT2D eigenvalue weighted by atomic mass is 9.86. The van der Waals surface area contributed by atoms with Gasteiger partial charge in [0.15, 0.2) is 0 Å². The first-order chi connectivity index (χ1) is 13.6. The molecule has 0 radical (unpaired) electrons. The highest BCUT2D eigenvalue weighted by Gasteiger charge is 2.31. The number of sulfonamides is 1. The molecule has 0 bridgehead atoms. The summed E-state index contributed by atoms with van der Waals surface area (Å²) >= 11 is 0. The number of methoxy groups -OCH3 is 1. The summed E-state index contributed by atoms with van der Waals surface area (Å²) in [6.07, 6.45) is 1.68. The fraction of sp³-hybridized carbons (Fsp3) is 0.409. The van der Waals surface area contributed by atoms with Crippen LogP contribution < -0.4 is 10.1 Å². The molecule has 29 heavy (non-hydrogen) atoms. The van der Waals surface area contributed by atoms with Gasteiger partial charge in [-0.2, -0.15) is 4.31 Å². The molecule has 0 unspecified atom stereocenters. The maximum atomic E-state index is 13.0. The van der Waals surface area contributed by atoms with Gasteiger partial charge < -0.3 is 10.1 Å². The molecule has 1 aliphatic rings. The van der Waals surface area contributed by atoms with Crippen LogP contribution in [0.2, 0.25) is 0 Å². The lowest BCUT2D eigenvalue weighted by Gasteiger charge is -2.23. The average Bonchev–Trinajstić information content (AvgIpc) is 3.22. The number of hydrogen-bond donors (Lipinski definition) is 1. The van der Waals surface area contributed by atoms with Crippen molar-refractivity contribution in [2.24, 2.45) is 0 Å². The van der Waals surface area contributed by atoms with Crippen molar-refractivity contribution in [1.82, 2.24) is 4.31 Å². The van der Waals surface area contributed by atoms with E-state index in [4.69, 9.17) is 4.74 Å². The molecule has 1 heterocycles. The molecule has 2 aromatic rings. The van der Waals surface area contributed by atoms with Crippen LogP contribution in [0.5, 0.6) is 5.75 Å². The Morgan fingerprint density at radius 3 is 2.34 bits per heavy atom. The molecule has 1 aliphatic heterocycles. The van der Waals surface area contributed by atoms with Gasteiger partial charge in [0.2, 0.25) is 10.0 Å². The Bertz CT molecular complexity index is 1000. The van der Waals surface area contributed by atoms with E-state index in [-0.39, 0.29) is 27.5 Å². The SMILES string of the molecule is COc1ccc(C(=O)Nc2ccccc2C(C)(C)C)cc1S(=O)(=O)N1CCCC1. The fourth-order valence-corrected chi connectivity index (χ4v) is 5.23. The topological polar surface area (TPSA) is 75.7 Å². The number of amides is 1. The first-order valence-corrected chi connectivity index (χ1v) is 11.2. The summed E-state index contributed by atoms with van der Waals surface area (Å²) in [5.74, 6) is -0.120. The second-order valence-corrected chi connectivity index (χ2v) is 10.1. The summed E-state index contributed by atoms with van der Waals surface area (Å²) in [6.45, 7) is 7.20. The molecule has 156 valence electrons. The van der Waals surface area contributed by atoms with Gasteiger partial charge in [-0.15, -0.1) is 0 Å². The second kappa shape index (κ2) is 8.16. The Balaban J connectivity index is 1.95. The molecule has 0 spiro atoms. The minimum Gasteiger partial charge on any atom is -0.495 e. The Morgan fingerprint density at radius 2 is 1.72 bits per heavy atom. The summed E-state index contributed by atoms with van der Waals surface area (Å²) in [5, 5.41) is 2.93. The maximum Gasteiger partial charge on any atom is 0.255 e. The van der Waals surface area contributed by atoms with Crippen LogP contribution in [0, 0.1) is 0 Å². The van der Waals surface area contributed by atoms with E-state index in [1.54, 1.807) is 6.07 Å². The number of carbonyl (C=O) groups is 1. The molecular formula is C22H28N2O4S. The van der Waals surface area contributed by atoms with Crippen LogP contribution in [0.1, 0.15) is 49.5 Å². The van der Waals surface area contributed by atoms with E-state index in [0.29, 0.717) is 18.8 Å². The molecule has 1 N–H and O–H groups in total. The number of nitrogens with one attached hydrogen (secondary N) is 1. The van der Waals surface area contributed by atoms with E-state index in [1.165, 1.54) is 23.5 Å². The minimum absolute atomic E-state index is 0.0265. The van der Waals surface area contributed by atoms with Gasteiger partial charge in [-0.25, -0.2) is 8.42 Å². The highest BCUT2D eigenvalue weighted by molar-refractivity contribution is 7.89. The second-order valence-electron chi connectivity index (χ2n) is 8.23. The molecule has 0 atom stereocenters. The lowest BCUT2D eigenvalue weighted by Crippen LogP contribution is -2.28. The van der Waals surface area contributed by atoms with Crippen molar-refractivity contribution in [2.45, 2.75) is 43.9 Å². The van der Waals surface area contributed by atoms with Crippen LogP contribution in [0.4, 0.5) is 5.69 Å². The Morgan fingerprint density at radius 1 is 1.07 bits per heavy atom. The highest BCUT2D eigenvalue weighted by Crippen LogP contribution is 2.32. The number of benzene rings is 2. The predicted octanol–water partition coefficient (Wildman–Crippen LogP) is 4.03. The average molecular weight is 417 g/mol. The Hall–Kier alpha value is -2.38. The van der Waals surface area contributed by atoms with E-state index in [2.05, 4.69) is 26.1 Å². The van der Waals surface area contributed by atoms with Crippen molar-refractivity contribution in [3.05, 3.63) is 53.6 Å². The highest BCUT2D eigenvalue weighted by atomic mass is 32.2. The van der Waals surface area contributed by atoms with Gasteiger partial charge >= 0.3 is 0 Å². The van der Waals surface area contributed by atoms with E-state index in [1.807, 2.05) is 24.3 Å². The number of para-hydroxylation sites is 1. The van der Waals surface area contributed by atoms with Crippen LogP contribution in [0.3, 0.4) is 0 Å². The fourth-order valence-electron chi connectivity index (χ4n) is 3.53. The molecule has 2 aromatic carbocycles. The van der Waals surface area contributed by atoms with Crippen molar-refractivity contribution in [3.63, 3.8) is 0 Å². The van der Waals surface area contributed by atoms with E-state index < -0.39 is 10.0 Å². The molecule has 6 nitrogen and oxygen atoms in total. The van der Waals surface area contributed by atoms with Crippen LogP contribution in [-0.2, 0) is 15.4 Å². The third-order valence-corrected chi connectivity index (χ3v) is 7.01. The molecular weight excluding hydrogens is 388 g/mol. The van der Waals surface area contributed by atoms with Crippen LogP contribution in [-0.4, -0.2) is 38.8 Å². The number of rotatable bonds is 5. The van der Waals surface area contributed by atoms with E-state index in [0.717, 1.165) is 18.4 Å². The smallest absolute Gasteiger partial charge is 0.255 e. The van der Waals surface area contributed by atoms with Crippen molar-refractivity contribution in [2.75, 3.05) is 25.5 Å². The van der Waals surface area contributed by atoms with Crippen LogP contribution in [0.15, 0.2) is 47.4 Å². The number of nitrogens with zero attached hydrogens (tertiary/aromatic N) is 1. The number of hydrogen-bond acceptors (Lipinski definition) is 4. The molecule has 1 fully saturated rings. The predicted molar refractivity (Wildman–Crippen MR) is 114 cm³/mol. The number of carbonyl (C=O) groups excluding carboxylic acids is 1. The molecule has 3 rings (SSSR count). The number of anilines is 1. The van der Waals surface area contributed by atoms with Crippen molar-refractivity contribution < 1.29 is 17.9 Å². The first kappa shape index (κ1) is 21.3. The van der Waals surface area contributed by atoms with Crippen molar-refractivity contribution in [3.8, 4) is 5.75 Å². The minimum atomic E-state index is -3.71. The molecule has 0 aliphatic carbocycles. The zero-order chi connectivity index (χ0) is 21.2. The Kier molecular flexibility index (Phi) is 6.00. The zero-order valence-electron chi connectivity index (χ0n) is 17.4. The third kappa shape index (κ3) is 4.46. The monoisotopic (exact) mass is 416 g/mol. The maximum absolute atomic E-state index is 13.0. The van der Waals surface area contributed by atoms with Gasteiger partial charge in [-0.3, -0.25) is 4.79 Å². The zero-order valence-corrected chi connectivity index (χ0v) is 18.2. The van der Waals surface area contributed by atoms with Crippen molar-refractivity contribution >= 4 is 21.6 Å². The standard InChI is InChI=1S/C22H28N2O4S/c1-22(2,3)17-9-5-6-10-18(17)23-21(25)16-11-12-19(28-4)20(15-16)29(26,27)24-13-7-8-14-24/h5-6,9-12,15H,7-8,13-14H2,1-4H3,(H,23,25). The first-order valence-electron chi connectivity index (χ1n) is 9.73. The van der Waals surface area contributed by atoms with Gasteiger partial charge in [0.25, 0.3) is 5.91 Å². The summed E-state index contributed by atoms with van der Waals surface area (Å²) in [6, 6.07) is 12.1. The summed E-state index contributed by atoms with van der Waals surface area (Å²) in [4.78, 5) is 13.0.